The number of nitrogens with zero attached hydrogens (tertiary/aromatic N) is 2. The van der Waals surface area contributed by atoms with Crippen LogP contribution in [0.2, 0.25) is 0 Å². The lowest BCUT2D eigenvalue weighted by atomic mass is 10.1. The summed E-state index contributed by atoms with van der Waals surface area (Å²) in [5.74, 6) is 0.615. The van der Waals surface area contributed by atoms with Crippen LogP contribution in [0.1, 0.15) is 22.8 Å². The summed E-state index contributed by atoms with van der Waals surface area (Å²) in [6, 6.07) is 2.15. The Balaban J connectivity index is 2.48. The van der Waals surface area contributed by atoms with E-state index in [0.29, 0.717) is 22.9 Å². The van der Waals surface area contributed by atoms with Gasteiger partial charge in [0.05, 0.1) is 17.9 Å². The first-order chi connectivity index (χ1) is 10.4. The van der Waals surface area contributed by atoms with Gasteiger partial charge in [0.2, 0.25) is 0 Å². The van der Waals surface area contributed by atoms with Crippen molar-refractivity contribution in [2.24, 2.45) is 0 Å². The monoisotopic (exact) mass is 324 g/mol. The van der Waals surface area contributed by atoms with Gasteiger partial charge in [-0.1, -0.05) is 0 Å². The second kappa shape index (κ2) is 6.35. The first-order valence-corrected chi connectivity index (χ1v) is 7.74. The van der Waals surface area contributed by atoms with E-state index in [0.717, 1.165) is 0 Å². The van der Waals surface area contributed by atoms with Crippen molar-refractivity contribution >= 4 is 29.1 Å². The molecule has 22 heavy (non-hydrogen) atoms. The molecule has 0 spiro atoms. The largest absolute Gasteiger partial charge is 0.496 e. The number of nitro benzene ring substituents is 1. The van der Waals surface area contributed by atoms with Crippen LogP contribution in [0, 0.1) is 17.0 Å². The molecule has 0 saturated carbocycles. The number of aryl methyl sites for hydroxylation is 1. The third kappa shape index (κ3) is 2.92. The number of carbonyl (C=O) groups excluding carboxylic acids is 2. The summed E-state index contributed by atoms with van der Waals surface area (Å²) in [6.07, 6.45) is 0. The number of hydrogen-bond donors (Lipinski definition) is 0. The number of amides is 1. The molecule has 7 nitrogen and oxygen atoms in total. The molecule has 0 aliphatic carbocycles. The maximum atomic E-state index is 12.7. The molecule has 1 fully saturated rings. The number of benzene rings is 1. The molecule has 1 amide bonds. The van der Waals surface area contributed by atoms with E-state index >= 15 is 0 Å². The van der Waals surface area contributed by atoms with Crippen LogP contribution in [0.15, 0.2) is 12.1 Å². The Morgan fingerprint density at radius 3 is 2.68 bits per heavy atom. The average Bonchev–Trinajstić information content (AvgIpc) is 2.95. The molecule has 118 valence electrons. The zero-order chi connectivity index (χ0) is 16.4. The minimum absolute atomic E-state index is 0.0544. The summed E-state index contributed by atoms with van der Waals surface area (Å²) in [5.41, 5.74) is 0.244. The number of rotatable bonds is 4. The zero-order valence-electron chi connectivity index (χ0n) is 12.5. The fraction of sp³-hybridized carbons (Fsp3) is 0.429. The van der Waals surface area contributed by atoms with Crippen LogP contribution in [0.4, 0.5) is 5.69 Å². The summed E-state index contributed by atoms with van der Waals surface area (Å²) in [7, 11) is 1.44. The number of ether oxygens (including phenoxy) is 1. The topological polar surface area (TPSA) is 89.8 Å². The molecule has 0 radical (unpaired) electrons. The standard InChI is InChI=1S/C14H16N2O5S/c1-8-4-11(16(19)20)10(5-13(8)21-3)14(18)15-7-22-6-12(15)9(2)17/h4-5,12H,6-7H2,1-3H3. The van der Waals surface area contributed by atoms with E-state index in [1.54, 1.807) is 6.92 Å². The van der Waals surface area contributed by atoms with Crippen molar-refractivity contribution in [2.45, 2.75) is 19.9 Å². The van der Waals surface area contributed by atoms with E-state index in [1.165, 1.54) is 42.8 Å². The van der Waals surface area contributed by atoms with E-state index in [4.69, 9.17) is 4.74 Å². The molecule has 1 saturated heterocycles. The first-order valence-electron chi connectivity index (χ1n) is 6.59. The average molecular weight is 324 g/mol. The van der Waals surface area contributed by atoms with Gasteiger partial charge in [-0.15, -0.1) is 11.8 Å². The van der Waals surface area contributed by atoms with Gasteiger partial charge in [-0.05, 0) is 19.4 Å². The lowest BCUT2D eigenvalue weighted by Gasteiger charge is -2.22. The molecular formula is C14H16N2O5S. The number of methoxy groups -OCH3 is 1. The second-order valence-electron chi connectivity index (χ2n) is 5.00. The van der Waals surface area contributed by atoms with E-state index in [2.05, 4.69) is 0 Å². The van der Waals surface area contributed by atoms with Gasteiger partial charge >= 0.3 is 0 Å². The summed E-state index contributed by atoms with van der Waals surface area (Å²) in [4.78, 5) is 36.3. The summed E-state index contributed by atoms with van der Waals surface area (Å²) in [5, 5.41) is 11.2. The fourth-order valence-corrected chi connectivity index (χ4v) is 3.59. The van der Waals surface area contributed by atoms with Crippen molar-refractivity contribution in [1.82, 2.24) is 4.90 Å². The Labute approximate surface area is 131 Å². The third-order valence-electron chi connectivity index (χ3n) is 3.55. The lowest BCUT2D eigenvalue weighted by molar-refractivity contribution is -0.385. The van der Waals surface area contributed by atoms with Crippen LogP contribution in [-0.2, 0) is 4.79 Å². The van der Waals surface area contributed by atoms with Crippen molar-refractivity contribution in [3.05, 3.63) is 33.4 Å². The zero-order valence-corrected chi connectivity index (χ0v) is 13.3. The number of nitro groups is 1. The molecule has 0 N–H and O–H groups in total. The Kier molecular flexibility index (Phi) is 4.70. The van der Waals surface area contributed by atoms with E-state index in [9.17, 15) is 19.7 Å². The van der Waals surface area contributed by atoms with Crippen molar-refractivity contribution in [2.75, 3.05) is 18.7 Å². The molecule has 0 bridgehead atoms. The van der Waals surface area contributed by atoms with Gasteiger partial charge < -0.3 is 9.64 Å². The van der Waals surface area contributed by atoms with Crippen LogP contribution in [0.5, 0.6) is 5.75 Å². The Morgan fingerprint density at radius 2 is 2.14 bits per heavy atom. The van der Waals surface area contributed by atoms with Crippen LogP contribution >= 0.6 is 11.8 Å². The predicted molar refractivity (Wildman–Crippen MR) is 82.3 cm³/mol. The predicted octanol–water partition coefficient (Wildman–Crippen LogP) is 2.02. The maximum absolute atomic E-state index is 12.7. The van der Waals surface area contributed by atoms with E-state index in [-0.39, 0.29) is 17.0 Å². The highest BCUT2D eigenvalue weighted by Crippen LogP contribution is 2.31. The van der Waals surface area contributed by atoms with Crippen molar-refractivity contribution < 1.29 is 19.2 Å². The molecule has 1 aromatic rings. The number of carbonyl (C=O) groups is 2. The minimum Gasteiger partial charge on any atom is -0.496 e. The molecule has 1 aliphatic rings. The molecule has 1 aliphatic heterocycles. The molecule has 0 aromatic heterocycles. The molecule has 1 unspecified atom stereocenters. The lowest BCUT2D eigenvalue weighted by Crippen LogP contribution is -2.41. The molecule has 1 aromatic carbocycles. The van der Waals surface area contributed by atoms with Crippen LogP contribution in [0.25, 0.3) is 0 Å². The molecule has 1 atom stereocenters. The highest BCUT2D eigenvalue weighted by molar-refractivity contribution is 7.99. The number of ketones is 1. The van der Waals surface area contributed by atoms with Gasteiger partial charge in [-0.25, -0.2) is 0 Å². The van der Waals surface area contributed by atoms with Gasteiger partial charge in [-0.3, -0.25) is 19.7 Å². The SMILES string of the molecule is COc1cc(C(=O)N2CSCC2C(C)=O)c([N+](=O)[O-])cc1C. The highest BCUT2D eigenvalue weighted by atomic mass is 32.2. The van der Waals surface area contributed by atoms with Gasteiger partial charge in [0.25, 0.3) is 11.6 Å². The van der Waals surface area contributed by atoms with Crippen LogP contribution in [-0.4, -0.2) is 46.3 Å². The summed E-state index contributed by atoms with van der Waals surface area (Å²) in [6.45, 7) is 3.09. The van der Waals surface area contributed by atoms with Gasteiger partial charge in [0.15, 0.2) is 5.78 Å². The Bertz CT molecular complexity index is 646. The van der Waals surface area contributed by atoms with Crippen LogP contribution in [0.3, 0.4) is 0 Å². The van der Waals surface area contributed by atoms with Gasteiger partial charge in [0, 0.05) is 17.9 Å². The van der Waals surface area contributed by atoms with Gasteiger partial charge in [-0.2, -0.15) is 0 Å². The maximum Gasteiger partial charge on any atom is 0.282 e. The van der Waals surface area contributed by atoms with E-state index < -0.39 is 16.9 Å². The minimum atomic E-state index is -0.592. The smallest absolute Gasteiger partial charge is 0.282 e. The summed E-state index contributed by atoms with van der Waals surface area (Å²) < 4.78 is 5.14. The normalized spacial score (nSPS) is 17.4. The third-order valence-corrected chi connectivity index (χ3v) is 4.56. The summed E-state index contributed by atoms with van der Waals surface area (Å²) >= 11 is 1.45. The number of Topliss-reactive ketones (excluding diaryl/α,β-unsaturated/α-hetero) is 1. The quantitative estimate of drug-likeness (QED) is 0.622. The molecule has 1 heterocycles. The Morgan fingerprint density at radius 1 is 1.45 bits per heavy atom. The second-order valence-corrected chi connectivity index (χ2v) is 6.00. The molecular weight excluding hydrogens is 308 g/mol. The number of thioether (sulfide) groups is 1. The molecule has 8 heteroatoms. The van der Waals surface area contributed by atoms with Crippen LogP contribution < -0.4 is 4.74 Å². The van der Waals surface area contributed by atoms with Crippen molar-refractivity contribution in [3.8, 4) is 5.75 Å². The van der Waals surface area contributed by atoms with Crippen molar-refractivity contribution in [3.63, 3.8) is 0 Å². The molecule has 2 rings (SSSR count). The van der Waals surface area contributed by atoms with Crippen molar-refractivity contribution in [1.29, 1.82) is 0 Å². The number of hydrogen-bond acceptors (Lipinski definition) is 6. The fourth-order valence-electron chi connectivity index (χ4n) is 2.35. The van der Waals surface area contributed by atoms with E-state index in [1.807, 2.05) is 0 Å². The highest BCUT2D eigenvalue weighted by Gasteiger charge is 2.36. The van der Waals surface area contributed by atoms with Gasteiger partial charge in [0.1, 0.15) is 17.4 Å². The Hall–Kier alpha value is -2.09. The first kappa shape index (κ1) is 16.3.